The minimum absolute atomic E-state index is 0.0220. The van der Waals surface area contributed by atoms with E-state index in [1.54, 1.807) is 0 Å². The first-order valence-electron chi connectivity index (χ1n) is 6.37. The maximum absolute atomic E-state index is 11.4. The second kappa shape index (κ2) is 7.26. The van der Waals surface area contributed by atoms with Crippen LogP contribution in [0.15, 0.2) is 0 Å². The largest absolute Gasteiger partial charge is 0.469 e. The number of hydrogen-bond acceptors (Lipinski definition) is 5. The zero-order valence-corrected chi connectivity index (χ0v) is 10.7. The maximum atomic E-state index is 11.4. The number of carbonyl (C=O) groups is 3. The summed E-state index contributed by atoms with van der Waals surface area (Å²) in [5, 5.41) is 9.25. The van der Waals surface area contributed by atoms with Gasteiger partial charge < -0.3 is 9.84 Å². The summed E-state index contributed by atoms with van der Waals surface area (Å²) in [5.41, 5.74) is 0. The molecule has 1 aliphatic rings. The Bertz CT molecular complexity index is 323. The Hall–Kier alpha value is -1.23. The van der Waals surface area contributed by atoms with E-state index in [4.69, 9.17) is 0 Å². The number of methoxy groups -OCH3 is 1. The molecule has 102 valence electrons. The number of carbonyl (C=O) groups excluding carboxylic acids is 3. The van der Waals surface area contributed by atoms with Crippen molar-refractivity contribution in [2.24, 2.45) is 5.92 Å². The zero-order chi connectivity index (χ0) is 13.5. The van der Waals surface area contributed by atoms with Crippen molar-refractivity contribution in [2.75, 3.05) is 7.11 Å². The molecule has 0 amide bonds. The molecule has 0 aliphatic heterocycles. The molecule has 5 nitrogen and oxygen atoms in total. The van der Waals surface area contributed by atoms with E-state index in [2.05, 4.69) is 4.74 Å². The summed E-state index contributed by atoms with van der Waals surface area (Å²) in [5.74, 6) is -1.27. The number of unbranched alkanes of at least 4 members (excludes halogenated alkanes) is 3. The summed E-state index contributed by atoms with van der Waals surface area (Å²) >= 11 is 0. The van der Waals surface area contributed by atoms with Crippen LogP contribution in [0.2, 0.25) is 0 Å². The van der Waals surface area contributed by atoms with Crippen molar-refractivity contribution in [2.45, 2.75) is 51.0 Å². The molecule has 5 heteroatoms. The van der Waals surface area contributed by atoms with Crippen LogP contribution in [0.25, 0.3) is 0 Å². The quantitative estimate of drug-likeness (QED) is 0.418. The summed E-state index contributed by atoms with van der Waals surface area (Å²) < 4.78 is 4.52. The number of hydrogen-bond donors (Lipinski definition) is 1. The molecule has 0 spiro atoms. The predicted molar refractivity (Wildman–Crippen MR) is 63.8 cm³/mol. The van der Waals surface area contributed by atoms with Crippen molar-refractivity contribution in [3.63, 3.8) is 0 Å². The van der Waals surface area contributed by atoms with Crippen LogP contribution in [0.1, 0.15) is 44.9 Å². The number of rotatable bonds is 7. The van der Waals surface area contributed by atoms with Gasteiger partial charge >= 0.3 is 5.97 Å². The van der Waals surface area contributed by atoms with Gasteiger partial charge in [-0.3, -0.25) is 14.4 Å². The first kappa shape index (κ1) is 14.8. The molecule has 1 rings (SSSR count). The molecular formula is C13H20O5. The van der Waals surface area contributed by atoms with Gasteiger partial charge in [0.2, 0.25) is 0 Å². The number of esters is 1. The molecule has 0 aromatic carbocycles. The third-order valence-corrected chi connectivity index (χ3v) is 3.31. The lowest BCUT2D eigenvalue weighted by molar-refractivity contribution is -0.140. The van der Waals surface area contributed by atoms with Crippen LogP contribution >= 0.6 is 0 Å². The van der Waals surface area contributed by atoms with Crippen molar-refractivity contribution in [3.8, 4) is 0 Å². The molecule has 1 saturated carbocycles. The van der Waals surface area contributed by atoms with E-state index in [9.17, 15) is 19.5 Å². The van der Waals surface area contributed by atoms with Crippen LogP contribution in [0.4, 0.5) is 0 Å². The first-order chi connectivity index (χ1) is 8.56. The van der Waals surface area contributed by atoms with E-state index in [-0.39, 0.29) is 24.0 Å². The molecular weight excluding hydrogens is 236 g/mol. The summed E-state index contributed by atoms with van der Waals surface area (Å²) in [7, 11) is 1.37. The summed E-state index contributed by atoms with van der Waals surface area (Å²) in [6.07, 6.45) is 3.13. The predicted octanol–water partition coefficient (Wildman–Crippen LogP) is 1.02. The molecule has 0 bridgehead atoms. The van der Waals surface area contributed by atoms with E-state index < -0.39 is 12.0 Å². The monoisotopic (exact) mass is 256 g/mol. The van der Waals surface area contributed by atoms with E-state index >= 15 is 0 Å². The number of aliphatic hydroxyl groups is 1. The van der Waals surface area contributed by atoms with Crippen molar-refractivity contribution in [1.29, 1.82) is 0 Å². The third-order valence-electron chi connectivity index (χ3n) is 3.31. The van der Waals surface area contributed by atoms with Crippen LogP contribution < -0.4 is 0 Å². The second-order valence-electron chi connectivity index (χ2n) is 4.67. The second-order valence-corrected chi connectivity index (χ2v) is 4.67. The Balaban J connectivity index is 2.10. The topological polar surface area (TPSA) is 80.7 Å². The van der Waals surface area contributed by atoms with Crippen LogP contribution in [-0.4, -0.2) is 35.9 Å². The highest BCUT2D eigenvalue weighted by Gasteiger charge is 2.39. The maximum Gasteiger partial charge on any atom is 0.305 e. The van der Waals surface area contributed by atoms with Gasteiger partial charge in [0, 0.05) is 12.8 Å². The number of ether oxygens (including phenoxy) is 1. The Labute approximate surface area is 107 Å². The zero-order valence-electron chi connectivity index (χ0n) is 10.7. The third kappa shape index (κ3) is 4.22. The summed E-state index contributed by atoms with van der Waals surface area (Å²) in [6, 6.07) is 0. The minimum atomic E-state index is -1.08. The lowest BCUT2D eigenvalue weighted by Crippen LogP contribution is -2.19. The molecule has 18 heavy (non-hydrogen) atoms. The van der Waals surface area contributed by atoms with Gasteiger partial charge in [-0.2, -0.15) is 0 Å². The fraction of sp³-hybridized carbons (Fsp3) is 0.769. The van der Waals surface area contributed by atoms with Gasteiger partial charge in [0.1, 0.15) is 11.9 Å². The number of ketones is 2. The Kier molecular flexibility index (Phi) is 5.98. The molecule has 1 N–H and O–H groups in total. The molecule has 1 fully saturated rings. The number of aliphatic hydroxyl groups excluding tert-OH is 1. The van der Waals surface area contributed by atoms with E-state index in [1.807, 2.05) is 0 Å². The van der Waals surface area contributed by atoms with Gasteiger partial charge in [-0.05, 0) is 12.8 Å². The van der Waals surface area contributed by atoms with Crippen molar-refractivity contribution >= 4 is 17.5 Å². The normalized spacial score (nSPS) is 23.4. The standard InChI is InChI=1S/C13H20O5/c1-18-12(16)7-5-3-2-4-6-9-10(14)8-11(15)13(9)17/h9,11,15H,2-8H2,1H3. The average molecular weight is 256 g/mol. The van der Waals surface area contributed by atoms with Gasteiger partial charge in [-0.25, -0.2) is 0 Å². The van der Waals surface area contributed by atoms with Crippen molar-refractivity contribution < 1.29 is 24.2 Å². The molecule has 1 aliphatic carbocycles. The highest BCUT2D eigenvalue weighted by Crippen LogP contribution is 2.24. The molecule has 0 radical (unpaired) electrons. The number of Topliss-reactive ketones (excluding diaryl/α,β-unsaturated/α-hetero) is 2. The molecule has 0 saturated heterocycles. The minimum Gasteiger partial charge on any atom is -0.469 e. The van der Waals surface area contributed by atoms with Gasteiger partial charge in [-0.15, -0.1) is 0 Å². The Morgan fingerprint density at radius 1 is 1.28 bits per heavy atom. The molecule has 0 aromatic heterocycles. The highest BCUT2D eigenvalue weighted by atomic mass is 16.5. The first-order valence-corrected chi connectivity index (χ1v) is 6.37. The highest BCUT2D eigenvalue weighted by molar-refractivity contribution is 6.11. The van der Waals surface area contributed by atoms with Crippen molar-refractivity contribution in [1.82, 2.24) is 0 Å². The summed E-state index contributed by atoms with van der Waals surface area (Å²) in [6.45, 7) is 0. The van der Waals surface area contributed by atoms with Crippen LogP contribution in [0.5, 0.6) is 0 Å². The lowest BCUT2D eigenvalue weighted by atomic mass is 9.97. The van der Waals surface area contributed by atoms with Crippen LogP contribution in [0.3, 0.4) is 0 Å². The van der Waals surface area contributed by atoms with Crippen molar-refractivity contribution in [3.05, 3.63) is 0 Å². The average Bonchev–Trinajstić information content (AvgIpc) is 2.59. The Morgan fingerprint density at radius 2 is 1.94 bits per heavy atom. The Morgan fingerprint density at radius 3 is 2.50 bits per heavy atom. The van der Waals surface area contributed by atoms with Gasteiger partial charge in [0.05, 0.1) is 13.0 Å². The molecule has 2 atom stereocenters. The summed E-state index contributed by atoms with van der Waals surface area (Å²) in [4.78, 5) is 33.7. The van der Waals surface area contributed by atoms with Gasteiger partial charge in [0.15, 0.2) is 5.78 Å². The van der Waals surface area contributed by atoms with E-state index in [0.29, 0.717) is 12.8 Å². The lowest BCUT2D eigenvalue weighted by Gasteiger charge is -2.06. The van der Waals surface area contributed by atoms with Crippen LogP contribution in [0, 0.1) is 5.92 Å². The molecule has 2 unspecified atom stereocenters. The smallest absolute Gasteiger partial charge is 0.305 e. The molecule has 0 heterocycles. The van der Waals surface area contributed by atoms with E-state index in [0.717, 1.165) is 25.7 Å². The fourth-order valence-corrected chi connectivity index (χ4v) is 2.20. The fourth-order valence-electron chi connectivity index (χ4n) is 2.20. The van der Waals surface area contributed by atoms with Crippen LogP contribution in [-0.2, 0) is 19.1 Å². The van der Waals surface area contributed by atoms with Gasteiger partial charge in [-0.1, -0.05) is 19.3 Å². The van der Waals surface area contributed by atoms with Gasteiger partial charge in [0.25, 0.3) is 0 Å². The molecule has 0 aromatic rings. The SMILES string of the molecule is COC(=O)CCCCCCC1C(=O)CC(O)C1=O. The van der Waals surface area contributed by atoms with E-state index in [1.165, 1.54) is 7.11 Å².